The second-order valence-corrected chi connectivity index (χ2v) is 12.0. The number of sulfonamides is 1. The van der Waals surface area contributed by atoms with Gasteiger partial charge in [-0.2, -0.15) is 4.72 Å². The van der Waals surface area contributed by atoms with Gasteiger partial charge in [-0.15, -0.1) is 0 Å². The number of benzene rings is 2. The van der Waals surface area contributed by atoms with Crippen LogP contribution in [-0.2, 0) is 24.4 Å². The molecule has 0 radical (unpaired) electrons. The van der Waals surface area contributed by atoms with Gasteiger partial charge in [0, 0.05) is 23.6 Å². The molecule has 2 bridgehead atoms. The normalized spacial score (nSPS) is 25.0. The van der Waals surface area contributed by atoms with Gasteiger partial charge in [-0.25, -0.2) is 8.42 Å². The topological polar surface area (TPSA) is 116 Å². The van der Waals surface area contributed by atoms with Crippen molar-refractivity contribution in [2.75, 3.05) is 19.6 Å². The first kappa shape index (κ1) is 24.2. The van der Waals surface area contributed by atoms with Crippen molar-refractivity contribution in [3.05, 3.63) is 40.9 Å². The quantitative estimate of drug-likeness (QED) is 0.576. The van der Waals surface area contributed by atoms with Crippen LogP contribution in [0.25, 0.3) is 10.8 Å². The fourth-order valence-corrected chi connectivity index (χ4v) is 6.96. The number of piperidine rings is 2. The summed E-state index contributed by atoms with van der Waals surface area (Å²) < 4.78 is 29.6. The van der Waals surface area contributed by atoms with Gasteiger partial charge < -0.3 is 15.1 Å². The zero-order valence-electron chi connectivity index (χ0n) is 19.1. The molecule has 2 aromatic rings. The van der Waals surface area contributed by atoms with Crippen molar-refractivity contribution < 1.29 is 22.8 Å². The van der Waals surface area contributed by atoms with Crippen LogP contribution >= 0.6 is 15.9 Å². The smallest absolute Gasteiger partial charge is 0.243 e. The Kier molecular flexibility index (Phi) is 6.58. The van der Waals surface area contributed by atoms with E-state index in [0.29, 0.717) is 32.4 Å². The maximum absolute atomic E-state index is 13.2. The van der Waals surface area contributed by atoms with E-state index in [-0.39, 0.29) is 29.3 Å². The first-order chi connectivity index (χ1) is 16.7. The summed E-state index contributed by atoms with van der Waals surface area (Å²) in [4.78, 5) is 41.7. The number of fused-ring (bicyclic) bond motifs is 3. The van der Waals surface area contributed by atoms with Crippen LogP contribution in [0.2, 0.25) is 0 Å². The Bertz CT molecular complexity index is 1300. The van der Waals surface area contributed by atoms with Crippen molar-refractivity contribution in [1.29, 1.82) is 0 Å². The van der Waals surface area contributed by atoms with Gasteiger partial charge in [0.2, 0.25) is 27.7 Å². The second kappa shape index (κ2) is 9.51. The summed E-state index contributed by atoms with van der Waals surface area (Å²) in [5.41, 5.74) is 0. The third-order valence-corrected chi connectivity index (χ3v) is 9.05. The Hall–Kier alpha value is -2.50. The van der Waals surface area contributed by atoms with E-state index in [1.54, 1.807) is 17.0 Å². The van der Waals surface area contributed by atoms with Crippen LogP contribution in [0.5, 0.6) is 0 Å². The van der Waals surface area contributed by atoms with E-state index >= 15 is 0 Å². The number of carbonyl (C=O) groups excluding carboxylic acids is 3. The van der Waals surface area contributed by atoms with Gasteiger partial charge in [0.15, 0.2) is 0 Å². The minimum absolute atomic E-state index is 0.0540. The van der Waals surface area contributed by atoms with Crippen molar-refractivity contribution >= 4 is 54.4 Å². The largest absolute Gasteiger partial charge is 0.352 e. The molecule has 186 valence electrons. The molecule has 35 heavy (non-hydrogen) atoms. The van der Waals surface area contributed by atoms with Gasteiger partial charge in [0.25, 0.3) is 0 Å². The molecule has 9 nitrogen and oxygen atoms in total. The number of nitrogens with zero attached hydrogens (tertiary/aromatic N) is 2. The second-order valence-electron chi connectivity index (χ2n) is 9.38. The molecule has 2 N–H and O–H groups in total. The third-order valence-electron chi connectivity index (χ3n) is 7.08. The third kappa shape index (κ3) is 4.81. The molecular weight excluding hydrogens is 536 g/mol. The van der Waals surface area contributed by atoms with Crippen LogP contribution in [-0.4, -0.2) is 73.7 Å². The van der Waals surface area contributed by atoms with E-state index in [2.05, 4.69) is 26.0 Å². The molecule has 2 aromatic carbocycles. The van der Waals surface area contributed by atoms with E-state index in [1.165, 1.54) is 11.0 Å². The molecule has 3 fully saturated rings. The molecule has 0 spiro atoms. The molecule has 3 atom stereocenters. The fraction of sp³-hybridized carbons (Fsp3) is 0.458. The first-order valence-electron chi connectivity index (χ1n) is 11.8. The highest BCUT2D eigenvalue weighted by Crippen LogP contribution is 2.27. The summed E-state index contributed by atoms with van der Waals surface area (Å²) in [5, 5.41) is 4.52. The van der Waals surface area contributed by atoms with Crippen LogP contribution in [0.1, 0.15) is 32.1 Å². The van der Waals surface area contributed by atoms with Gasteiger partial charge in [0.05, 0.1) is 11.4 Å². The summed E-state index contributed by atoms with van der Waals surface area (Å²) in [6, 6.07) is 8.92. The molecule has 3 heterocycles. The number of likely N-dealkylation sites (tertiary alicyclic amines) is 1. The molecule has 3 aliphatic rings. The molecule has 5 rings (SSSR count). The Morgan fingerprint density at radius 1 is 1.06 bits per heavy atom. The number of piperazine rings is 1. The SMILES string of the molecule is O=C1NCC2CCCC1N2C(=O)CN1CCCC(NS(=O)(=O)c2ccc3cc(Br)ccc3c2)C1=O. The van der Waals surface area contributed by atoms with E-state index in [9.17, 15) is 22.8 Å². The average Bonchev–Trinajstić information content (AvgIpc) is 2.83. The van der Waals surface area contributed by atoms with Crippen molar-refractivity contribution in [2.24, 2.45) is 0 Å². The fourth-order valence-electron chi connectivity index (χ4n) is 5.32. The molecule has 3 aliphatic heterocycles. The molecule has 3 unspecified atom stereocenters. The predicted molar refractivity (Wildman–Crippen MR) is 133 cm³/mol. The van der Waals surface area contributed by atoms with E-state index in [1.807, 2.05) is 18.2 Å². The van der Waals surface area contributed by atoms with Gasteiger partial charge in [-0.3, -0.25) is 14.4 Å². The van der Waals surface area contributed by atoms with Gasteiger partial charge >= 0.3 is 0 Å². The molecule has 0 aromatic heterocycles. The van der Waals surface area contributed by atoms with Crippen LogP contribution in [0.4, 0.5) is 0 Å². The number of hydrogen-bond donors (Lipinski definition) is 2. The van der Waals surface area contributed by atoms with Crippen LogP contribution < -0.4 is 10.0 Å². The lowest BCUT2D eigenvalue weighted by Gasteiger charge is -2.46. The number of amides is 3. The molecule has 3 saturated heterocycles. The van der Waals surface area contributed by atoms with E-state index in [4.69, 9.17) is 0 Å². The number of carbonyl (C=O) groups is 3. The number of nitrogens with one attached hydrogen (secondary N) is 2. The van der Waals surface area contributed by atoms with Gasteiger partial charge in [-0.1, -0.05) is 28.1 Å². The number of halogens is 1. The number of hydrogen-bond acceptors (Lipinski definition) is 5. The Morgan fingerprint density at radius 3 is 2.66 bits per heavy atom. The minimum atomic E-state index is -3.94. The maximum atomic E-state index is 13.2. The van der Waals surface area contributed by atoms with Crippen LogP contribution in [0.3, 0.4) is 0 Å². The minimum Gasteiger partial charge on any atom is -0.352 e. The zero-order chi connectivity index (χ0) is 24.7. The van der Waals surface area contributed by atoms with Crippen LogP contribution in [0, 0.1) is 0 Å². The lowest BCUT2D eigenvalue weighted by molar-refractivity contribution is -0.153. The predicted octanol–water partition coefficient (Wildman–Crippen LogP) is 1.75. The van der Waals surface area contributed by atoms with Crippen molar-refractivity contribution in [3.63, 3.8) is 0 Å². The highest BCUT2D eigenvalue weighted by Gasteiger charge is 2.43. The summed E-state index contributed by atoms with van der Waals surface area (Å²) in [7, 11) is -3.94. The summed E-state index contributed by atoms with van der Waals surface area (Å²) in [5.74, 6) is -0.815. The molecule has 0 aliphatic carbocycles. The monoisotopic (exact) mass is 562 g/mol. The number of rotatable bonds is 5. The van der Waals surface area contributed by atoms with Gasteiger partial charge in [-0.05, 0) is 67.1 Å². The highest BCUT2D eigenvalue weighted by atomic mass is 79.9. The Balaban J connectivity index is 1.28. The summed E-state index contributed by atoms with van der Waals surface area (Å²) in [6.45, 7) is 0.658. The standard InChI is InChI=1S/C24H27BrN4O5S/c25-17-8-6-16-12-19(9-7-15(16)11-17)35(33,34)27-20-4-2-10-28(24(20)32)14-22(30)29-18-3-1-5-21(29)23(31)26-13-18/h6-9,11-12,18,20-21,27H,1-5,10,13-14H2,(H,26,31). The Morgan fingerprint density at radius 2 is 1.83 bits per heavy atom. The average molecular weight is 563 g/mol. The zero-order valence-corrected chi connectivity index (χ0v) is 21.5. The maximum Gasteiger partial charge on any atom is 0.243 e. The molecule has 0 saturated carbocycles. The first-order valence-corrected chi connectivity index (χ1v) is 14.1. The van der Waals surface area contributed by atoms with Crippen LogP contribution in [0.15, 0.2) is 45.8 Å². The molecule has 3 amide bonds. The van der Waals surface area contributed by atoms with Crippen molar-refractivity contribution in [3.8, 4) is 0 Å². The van der Waals surface area contributed by atoms with Crippen molar-refractivity contribution in [2.45, 2.75) is 55.1 Å². The molecular formula is C24H27BrN4O5S. The summed E-state index contributed by atoms with van der Waals surface area (Å²) in [6.07, 6.45) is 3.27. The van der Waals surface area contributed by atoms with E-state index in [0.717, 1.165) is 28.1 Å². The Labute approximate surface area is 212 Å². The summed E-state index contributed by atoms with van der Waals surface area (Å²) >= 11 is 3.41. The van der Waals surface area contributed by atoms with E-state index < -0.39 is 28.0 Å². The van der Waals surface area contributed by atoms with Crippen molar-refractivity contribution in [1.82, 2.24) is 19.8 Å². The lowest BCUT2D eigenvalue weighted by atomic mass is 9.91. The molecule has 11 heteroatoms. The lowest BCUT2D eigenvalue weighted by Crippen LogP contribution is -2.66. The van der Waals surface area contributed by atoms with Gasteiger partial charge in [0.1, 0.15) is 12.1 Å². The highest BCUT2D eigenvalue weighted by molar-refractivity contribution is 9.10.